The summed E-state index contributed by atoms with van der Waals surface area (Å²) in [6.45, 7) is 0.995. The fraction of sp³-hybridized carbons (Fsp3) is 0.333. The minimum atomic E-state index is -0.669. The number of hydrogen-bond acceptors (Lipinski definition) is 4. The van der Waals surface area contributed by atoms with E-state index in [9.17, 15) is 8.78 Å². The molecule has 1 aliphatic rings. The third-order valence-electron chi connectivity index (χ3n) is 3.21. The SMILES string of the molecule is OCc1cc(F)c(N2CCn3cnnc3C2)c(F)c1. The standard InChI is InChI=1S/C12H12F2N4O/c13-9-3-8(6-19)4-10(14)12(9)17-1-2-18-7-15-16-11(18)5-17/h3-4,7,19H,1-2,5-6H2. The monoisotopic (exact) mass is 266 g/mol. The Labute approximate surface area is 108 Å². The van der Waals surface area contributed by atoms with E-state index >= 15 is 0 Å². The molecule has 0 atom stereocenters. The molecule has 1 aromatic carbocycles. The summed E-state index contributed by atoms with van der Waals surface area (Å²) in [4.78, 5) is 1.59. The van der Waals surface area contributed by atoms with E-state index in [1.807, 2.05) is 4.57 Å². The van der Waals surface area contributed by atoms with Gasteiger partial charge in [0, 0.05) is 13.1 Å². The van der Waals surface area contributed by atoms with Crippen molar-refractivity contribution in [2.45, 2.75) is 19.7 Å². The van der Waals surface area contributed by atoms with Crippen molar-refractivity contribution in [3.63, 3.8) is 0 Å². The number of fused-ring (bicyclic) bond motifs is 1. The Morgan fingerprint density at radius 3 is 2.63 bits per heavy atom. The van der Waals surface area contributed by atoms with E-state index in [-0.39, 0.29) is 17.9 Å². The fourth-order valence-electron chi connectivity index (χ4n) is 2.27. The van der Waals surface area contributed by atoms with Gasteiger partial charge in [0.1, 0.15) is 23.6 Å². The first-order valence-electron chi connectivity index (χ1n) is 5.89. The number of halogens is 2. The molecule has 0 saturated heterocycles. The molecule has 3 rings (SSSR count). The predicted molar refractivity (Wildman–Crippen MR) is 63.4 cm³/mol. The van der Waals surface area contributed by atoms with E-state index in [0.717, 1.165) is 12.1 Å². The van der Waals surface area contributed by atoms with Crippen LogP contribution < -0.4 is 4.90 Å². The summed E-state index contributed by atoms with van der Waals surface area (Å²) in [5.74, 6) is -0.662. The third kappa shape index (κ3) is 2.06. The average Bonchev–Trinajstić information content (AvgIpc) is 2.85. The smallest absolute Gasteiger partial charge is 0.152 e. The van der Waals surface area contributed by atoms with Gasteiger partial charge >= 0.3 is 0 Å². The second-order valence-corrected chi connectivity index (χ2v) is 4.43. The van der Waals surface area contributed by atoms with Gasteiger partial charge in [-0.2, -0.15) is 0 Å². The lowest BCUT2D eigenvalue weighted by atomic mass is 10.1. The van der Waals surface area contributed by atoms with Crippen molar-refractivity contribution in [3.05, 3.63) is 41.5 Å². The van der Waals surface area contributed by atoms with E-state index in [2.05, 4.69) is 10.2 Å². The summed E-state index contributed by atoms with van der Waals surface area (Å²) in [5, 5.41) is 16.6. The van der Waals surface area contributed by atoms with E-state index in [4.69, 9.17) is 5.11 Å². The van der Waals surface area contributed by atoms with Crippen LogP contribution in [0.3, 0.4) is 0 Å². The first-order chi connectivity index (χ1) is 9.19. The number of aliphatic hydroxyl groups excluding tert-OH is 1. The van der Waals surface area contributed by atoms with Gasteiger partial charge in [0.05, 0.1) is 13.2 Å². The normalized spacial score (nSPS) is 14.6. The number of rotatable bonds is 2. The van der Waals surface area contributed by atoms with Crippen LogP contribution in [0.1, 0.15) is 11.4 Å². The molecule has 1 aliphatic heterocycles. The highest BCUT2D eigenvalue weighted by Gasteiger charge is 2.23. The molecule has 0 unspecified atom stereocenters. The lowest BCUT2D eigenvalue weighted by Crippen LogP contribution is -2.34. The van der Waals surface area contributed by atoms with Crippen LogP contribution in [0, 0.1) is 11.6 Å². The Morgan fingerprint density at radius 2 is 1.95 bits per heavy atom. The maximum Gasteiger partial charge on any atom is 0.152 e. The maximum absolute atomic E-state index is 13.9. The van der Waals surface area contributed by atoms with Crippen LogP contribution >= 0.6 is 0 Å². The molecule has 1 aromatic heterocycles. The molecule has 100 valence electrons. The first kappa shape index (κ1) is 12.0. The molecule has 0 bridgehead atoms. The molecule has 1 N–H and O–H groups in total. The molecule has 7 heteroatoms. The Bertz CT molecular complexity index is 591. The lowest BCUT2D eigenvalue weighted by molar-refractivity contribution is 0.280. The third-order valence-corrected chi connectivity index (χ3v) is 3.21. The van der Waals surface area contributed by atoms with Crippen LogP contribution in [0.15, 0.2) is 18.5 Å². The summed E-state index contributed by atoms with van der Waals surface area (Å²) in [5.41, 5.74) is 0.144. The minimum Gasteiger partial charge on any atom is -0.392 e. The molecule has 0 aliphatic carbocycles. The molecule has 0 radical (unpaired) electrons. The van der Waals surface area contributed by atoms with Crippen LogP contribution in [0.4, 0.5) is 14.5 Å². The second kappa shape index (κ2) is 4.58. The molecule has 0 fully saturated rings. The van der Waals surface area contributed by atoms with Crippen molar-refractivity contribution in [3.8, 4) is 0 Å². The number of benzene rings is 1. The van der Waals surface area contributed by atoms with E-state index in [0.29, 0.717) is 25.5 Å². The predicted octanol–water partition coefficient (Wildman–Crippen LogP) is 1.07. The minimum absolute atomic E-state index is 0.0774. The highest BCUT2D eigenvalue weighted by Crippen LogP contribution is 2.27. The van der Waals surface area contributed by atoms with Crippen LogP contribution in [-0.4, -0.2) is 26.4 Å². The van der Waals surface area contributed by atoms with Crippen molar-refractivity contribution in [1.29, 1.82) is 0 Å². The zero-order valence-electron chi connectivity index (χ0n) is 10.1. The molecule has 0 amide bonds. The van der Waals surface area contributed by atoms with Gasteiger partial charge in [-0.1, -0.05) is 0 Å². The molecular weight excluding hydrogens is 254 g/mol. The molecule has 5 nitrogen and oxygen atoms in total. The molecule has 2 aromatic rings. The second-order valence-electron chi connectivity index (χ2n) is 4.43. The van der Waals surface area contributed by atoms with Gasteiger partial charge in [-0.25, -0.2) is 8.78 Å². The van der Waals surface area contributed by atoms with Crippen LogP contribution in [0.25, 0.3) is 0 Å². The van der Waals surface area contributed by atoms with Crippen molar-refractivity contribution in [2.24, 2.45) is 0 Å². The van der Waals surface area contributed by atoms with Crippen molar-refractivity contribution >= 4 is 5.69 Å². The summed E-state index contributed by atoms with van der Waals surface area (Å²) in [6.07, 6.45) is 1.61. The van der Waals surface area contributed by atoms with Crippen LogP contribution in [-0.2, 0) is 19.7 Å². The zero-order chi connectivity index (χ0) is 13.4. The number of nitrogens with zero attached hydrogens (tertiary/aromatic N) is 4. The van der Waals surface area contributed by atoms with Gasteiger partial charge in [-0.3, -0.25) is 0 Å². The highest BCUT2D eigenvalue weighted by molar-refractivity contribution is 5.51. The van der Waals surface area contributed by atoms with E-state index in [1.165, 1.54) is 0 Å². The zero-order valence-corrected chi connectivity index (χ0v) is 10.1. The van der Waals surface area contributed by atoms with Crippen molar-refractivity contribution in [2.75, 3.05) is 11.4 Å². The number of aromatic nitrogens is 3. The van der Waals surface area contributed by atoms with Gasteiger partial charge in [0.2, 0.25) is 0 Å². The highest BCUT2D eigenvalue weighted by atomic mass is 19.1. The number of aliphatic hydroxyl groups is 1. The van der Waals surface area contributed by atoms with Crippen molar-refractivity contribution < 1.29 is 13.9 Å². The topological polar surface area (TPSA) is 54.2 Å². The maximum atomic E-state index is 13.9. The Balaban J connectivity index is 1.96. The summed E-state index contributed by atoms with van der Waals surface area (Å²) < 4.78 is 29.8. The fourth-order valence-corrected chi connectivity index (χ4v) is 2.27. The Hall–Kier alpha value is -2.02. The van der Waals surface area contributed by atoms with Crippen molar-refractivity contribution in [1.82, 2.24) is 14.8 Å². The molecule has 2 heterocycles. The van der Waals surface area contributed by atoms with Crippen LogP contribution in [0.2, 0.25) is 0 Å². The van der Waals surface area contributed by atoms with E-state index in [1.54, 1.807) is 11.2 Å². The van der Waals surface area contributed by atoms with Gasteiger partial charge < -0.3 is 14.6 Å². The van der Waals surface area contributed by atoms with E-state index < -0.39 is 11.6 Å². The lowest BCUT2D eigenvalue weighted by Gasteiger charge is -2.29. The average molecular weight is 266 g/mol. The number of hydrogen-bond donors (Lipinski definition) is 1. The Kier molecular flexibility index (Phi) is 2.90. The van der Waals surface area contributed by atoms with Gasteiger partial charge in [-0.05, 0) is 17.7 Å². The van der Waals surface area contributed by atoms with Crippen LogP contribution in [0.5, 0.6) is 0 Å². The summed E-state index contributed by atoms with van der Waals surface area (Å²) in [7, 11) is 0. The summed E-state index contributed by atoms with van der Waals surface area (Å²) >= 11 is 0. The summed E-state index contributed by atoms with van der Waals surface area (Å²) in [6, 6.07) is 2.30. The van der Waals surface area contributed by atoms with Gasteiger partial charge in [0.25, 0.3) is 0 Å². The van der Waals surface area contributed by atoms with Gasteiger partial charge in [0.15, 0.2) is 5.82 Å². The van der Waals surface area contributed by atoms with Gasteiger partial charge in [-0.15, -0.1) is 10.2 Å². The number of anilines is 1. The molecule has 0 spiro atoms. The molecule has 0 saturated carbocycles. The largest absolute Gasteiger partial charge is 0.392 e. The Morgan fingerprint density at radius 1 is 1.21 bits per heavy atom. The quantitative estimate of drug-likeness (QED) is 0.883. The first-order valence-corrected chi connectivity index (χ1v) is 5.89. The molecule has 19 heavy (non-hydrogen) atoms. The molecular formula is C12H12F2N4O.